The van der Waals surface area contributed by atoms with E-state index in [4.69, 9.17) is 17.3 Å². The fraction of sp³-hybridized carbons (Fsp3) is 0.143. The van der Waals surface area contributed by atoms with Crippen molar-refractivity contribution in [1.82, 2.24) is 0 Å². The SMILES string of the molecule is CN(C)c1ccc(-c2ccc(Cl)cc2N)cc1. The third-order valence-corrected chi connectivity index (χ3v) is 2.94. The number of nitrogen functional groups attached to an aromatic ring is 1. The van der Waals surface area contributed by atoms with Crippen LogP contribution in [0.2, 0.25) is 5.02 Å². The Balaban J connectivity index is 2.40. The molecule has 0 amide bonds. The van der Waals surface area contributed by atoms with Crippen molar-refractivity contribution in [3.05, 3.63) is 47.5 Å². The second-order valence-electron chi connectivity index (χ2n) is 4.17. The highest BCUT2D eigenvalue weighted by atomic mass is 35.5. The maximum atomic E-state index is 5.96. The second kappa shape index (κ2) is 4.68. The van der Waals surface area contributed by atoms with E-state index < -0.39 is 0 Å². The molecule has 0 heterocycles. The number of benzene rings is 2. The van der Waals surface area contributed by atoms with Crippen molar-refractivity contribution < 1.29 is 0 Å². The normalized spacial score (nSPS) is 10.3. The zero-order chi connectivity index (χ0) is 12.4. The molecule has 0 spiro atoms. The number of rotatable bonds is 2. The Bertz CT molecular complexity index is 518. The van der Waals surface area contributed by atoms with E-state index in [0.29, 0.717) is 10.7 Å². The van der Waals surface area contributed by atoms with E-state index >= 15 is 0 Å². The van der Waals surface area contributed by atoms with Gasteiger partial charge in [0.15, 0.2) is 0 Å². The van der Waals surface area contributed by atoms with Gasteiger partial charge in [0.1, 0.15) is 0 Å². The van der Waals surface area contributed by atoms with Crippen molar-refractivity contribution in [2.45, 2.75) is 0 Å². The standard InChI is InChI=1S/C14H15ClN2/c1-17(2)12-6-3-10(4-7-12)13-8-5-11(15)9-14(13)16/h3-9H,16H2,1-2H3. The first-order chi connectivity index (χ1) is 8.08. The fourth-order valence-electron chi connectivity index (χ4n) is 1.74. The molecule has 0 radical (unpaired) electrons. The van der Waals surface area contributed by atoms with Gasteiger partial charge in [0, 0.05) is 36.1 Å². The number of nitrogens with two attached hydrogens (primary N) is 1. The largest absolute Gasteiger partial charge is 0.398 e. The number of nitrogens with zero attached hydrogens (tertiary/aromatic N) is 1. The molecule has 2 nitrogen and oxygen atoms in total. The van der Waals surface area contributed by atoms with E-state index in [9.17, 15) is 0 Å². The van der Waals surface area contributed by atoms with Gasteiger partial charge >= 0.3 is 0 Å². The number of anilines is 2. The molecule has 2 aromatic rings. The second-order valence-corrected chi connectivity index (χ2v) is 4.61. The fourth-order valence-corrected chi connectivity index (χ4v) is 1.92. The molecule has 0 aliphatic carbocycles. The minimum atomic E-state index is 0.663. The minimum Gasteiger partial charge on any atom is -0.398 e. The molecule has 0 atom stereocenters. The Morgan fingerprint density at radius 2 is 1.65 bits per heavy atom. The summed E-state index contributed by atoms with van der Waals surface area (Å²) < 4.78 is 0. The van der Waals surface area contributed by atoms with Crippen LogP contribution in [-0.4, -0.2) is 14.1 Å². The van der Waals surface area contributed by atoms with Crippen LogP contribution < -0.4 is 10.6 Å². The first kappa shape index (κ1) is 11.8. The molecule has 0 bridgehead atoms. The van der Waals surface area contributed by atoms with E-state index in [1.165, 1.54) is 5.69 Å². The first-order valence-corrected chi connectivity index (χ1v) is 5.78. The monoisotopic (exact) mass is 246 g/mol. The highest BCUT2D eigenvalue weighted by molar-refractivity contribution is 6.31. The molecule has 0 saturated heterocycles. The van der Waals surface area contributed by atoms with Crippen LogP contribution in [0.25, 0.3) is 11.1 Å². The van der Waals surface area contributed by atoms with Crippen LogP contribution in [0.15, 0.2) is 42.5 Å². The molecule has 88 valence electrons. The smallest absolute Gasteiger partial charge is 0.0426 e. The average Bonchev–Trinajstić information content (AvgIpc) is 2.29. The van der Waals surface area contributed by atoms with Crippen LogP contribution in [0.4, 0.5) is 11.4 Å². The van der Waals surface area contributed by atoms with E-state index in [0.717, 1.165) is 11.1 Å². The summed E-state index contributed by atoms with van der Waals surface area (Å²) >= 11 is 5.88. The lowest BCUT2D eigenvalue weighted by Crippen LogP contribution is -2.07. The Morgan fingerprint density at radius 1 is 1.00 bits per heavy atom. The third-order valence-electron chi connectivity index (χ3n) is 2.71. The molecule has 0 fully saturated rings. The molecule has 0 unspecified atom stereocenters. The van der Waals surface area contributed by atoms with Crippen LogP contribution in [0, 0.1) is 0 Å². The van der Waals surface area contributed by atoms with Gasteiger partial charge in [-0.15, -0.1) is 0 Å². The van der Waals surface area contributed by atoms with Crippen LogP contribution in [0.3, 0.4) is 0 Å². The number of hydrogen-bond donors (Lipinski definition) is 1. The summed E-state index contributed by atoms with van der Waals surface area (Å²) in [4.78, 5) is 2.06. The topological polar surface area (TPSA) is 29.3 Å². The highest BCUT2D eigenvalue weighted by Crippen LogP contribution is 2.29. The van der Waals surface area contributed by atoms with Crippen molar-refractivity contribution in [2.24, 2.45) is 0 Å². The molecule has 2 aromatic carbocycles. The molecule has 2 rings (SSSR count). The van der Waals surface area contributed by atoms with Crippen LogP contribution in [0.1, 0.15) is 0 Å². The van der Waals surface area contributed by atoms with Gasteiger partial charge in [0.2, 0.25) is 0 Å². The molecular formula is C14H15ClN2. The van der Waals surface area contributed by atoms with Gasteiger partial charge in [-0.3, -0.25) is 0 Å². The van der Waals surface area contributed by atoms with Crippen LogP contribution in [0.5, 0.6) is 0 Å². The molecule has 3 heteroatoms. The number of halogens is 1. The van der Waals surface area contributed by atoms with Gasteiger partial charge in [-0.05, 0) is 29.8 Å². The lowest BCUT2D eigenvalue weighted by atomic mass is 10.0. The lowest BCUT2D eigenvalue weighted by Gasteiger charge is -2.13. The minimum absolute atomic E-state index is 0.663. The van der Waals surface area contributed by atoms with Gasteiger partial charge in [0.25, 0.3) is 0 Å². The summed E-state index contributed by atoms with van der Waals surface area (Å²) in [6.07, 6.45) is 0. The predicted molar refractivity (Wildman–Crippen MR) is 75.6 cm³/mol. The highest BCUT2D eigenvalue weighted by Gasteiger charge is 2.03. The number of hydrogen-bond acceptors (Lipinski definition) is 2. The Kier molecular flexibility index (Phi) is 3.25. The predicted octanol–water partition coefficient (Wildman–Crippen LogP) is 3.66. The van der Waals surface area contributed by atoms with Crippen molar-refractivity contribution in [3.8, 4) is 11.1 Å². The molecule has 0 aliphatic rings. The van der Waals surface area contributed by atoms with Crippen molar-refractivity contribution in [3.63, 3.8) is 0 Å². The van der Waals surface area contributed by atoms with Crippen molar-refractivity contribution in [1.29, 1.82) is 0 Å². The summed E-state index contributed by atoms with van der Waals surface area (Å²) in [6.45, 7) is 0. The zero-order valence-electron chi connectivity index (χ0n) is 9.94. The third kappa shape index (κ3) is 2.53. The summed E-state index contributed by atoms with van der Waals surface area (Å²) in [5.74, 6) is 0. The van der Waals surface area contributed by atoms with Gasteiger partial charge < -0.3 is 10.6 Å². The maximum Gasteiger partial charge on any atom is 0.0426 e. The van der Waals surface area contributed by atoms with Gasteiger partial charge in [-0.2, -0.15) is 0 Å². The van der Waals surface area contributed by atoms with E-state index in [1.54, 1.807) is 6.07 Å². The first-order valence-electron chi connectivity index (χ1n) is 5.41. The summed E-state index contributed by atoms with van der Waals surface area (Å²) in [5, 5.41) is 0.663. The molecule has 17 heavy (non-hydrogen) atoms. The van der Waals surface area contributed by atoms with Crippen molar-refractivity contribution >= 4 is 23.0 Å². The van der Waals surface area contributed by atoms with Gasteiger partial charge in [-0.1, -0.05) is 29.8 Å². The summed E-state index contributed by atoms with van der Waals surface area (Å²) in [6, 6.07) is 13.9. The Morgan fingerprint density at radius 3 is 2.18 bits per heavy atom. The molecule has 0 saturated carbocycles. The Hall–Kier alpha value is -1.67. The summed E-state index contributed by atoms with van der Waals surface area (Å²) in [7, 11) is 4.04. The van der Waals surface area contributed by atoms with Crippen molar-refractivity contribution in [2.75, 3.05) is 24.7 Å². The molecule has 2 N–H and O–H groups in total. The Labute approximate surface area is 107 Å². The van der Waals surface area contributed by atoms with Gasteiger partial charge in [-0.25, -0.2) is 0 Å². The molecule has 0 aliphatic heterocycles. The van der Waals surface area contributed by atoms with E-state index in [1.807, 2.05) is 26.2 Å². The lowest BCUT2D eigenvalue weighted by molar-refractivity contribution is 1.13. The molecule has 0 aromatic heterocycles. The summed E-state index contributed by atoms with van der Waals surface area (Å²) in [5.41, 5.74) is 9.94. The van der Waals surface area contributed by atoms with Crippen LogP contribution >= 0.6 is 11.6 Å². The molecular weight excluding hydrogens is 232 g/mol. The van der Waals surface area contributed by atoms with E-state index in [-0.39, 0.29) is 0 Å². The average molecular weight is 247 g/mol. The zero-order valence-corrected chi connectivity index (χ0v) is 10.7. The maximum absolute atomic E-state index is 5.96. The quantitative estimate of drug-likeness (QED) is 0.820. The van der Waals surface area contributed by atoms with Crippen LogP contribution in [-0.2, 0) is 0 Å². The van der Waals surface area contributed by atoms with E-state index in [2.05, 4.69) is 29.2 Å². The van der Waals surface area contributed by atoms with Gasteiger partial charge in [0.05, 0.1) is 0 Å².